The van der Waals surface area contributed by atoms with Gasteiger partial charge in [0.2, 0.25) is 5.91 Å². The highest BCUT2D eigenvalue weighted by molar-refractivity contribution is 5.98. The predicted molar refractivity (Wildman–Crippen MR) is 97.9 cm³/mol. The molecule has 134 valence electrons. The van der Waals surface area contributed by atoms with E-state index in [0.717, 1.165) is 38.0 Å². The zero-order valence-electron chi connectivity index (χ0n) is 14.7. The molecule has 25 heavy (non-hydrogen) atoms. The van der Waals surface area contributed by atoms with Crippen molar-refractivity contribution in [1.29, 1.82) is 0 Å². The van der Waals surface area contributed by atoms with Crippen LogP contribution in [0.15, 0.2) is 29.3 Å². The molecule has 6 nitrogen and oxygen atoms in total. The number of carbonyl (C=O) groups excluding carboxylic acids is 1. The zero-order chi connectivity index (χ0) is 17.2. The van der Waals surface area contributed by atoms with E-state index < -0.39 is 0 Å². The van der Waals surface area contributed by atoms with Crippen LogP contribution >= 0.6 is 0 Å². The summed E-state index contributed by atoms with van der Waals surface area (Å²) in [6.45, 7) is 3.71. The van der Waals surface area contributed by atoms with Gasteiger partial charge in [0.05, 0.1) is 18.2 Å². The van der Waals surface area contributed by atoms with E-state index in [1.165, 1.54) is 12.0 Å². The molecule has 0 spiro atoms. The van der Waals surface area contributed by atoms with Crippen LogP contribution in [0, 0.1) is 0 Å². The third kappa shape index (κ3) is 3.35. The van der Waals surface area contributed by atoms with Gasteiger partial charge in [0.1, 0.15) is 6.54 Å². The van der Waals surface area contributed by atoms with Gasteiger partial charge in [-0.05, 0) is 44.2 Å². The average molecular weight is 342 g/mol. The Kier molecular flexibility index (Phi) is 4.61. The van der Waals surface area contributed by atoms with Crippen LogP contribution in [0.25, 0.3) is 0 Å². The number of para-hydroxylation sites is 1. The van der Waals surface area contributed by atoms with Crippen molar-refractivity contribution in [3.05, 3.63) is 29.8 Å². The fourth-order valence-corrected chi connectivity index (χ4v) is 4.11. The van der Waals surface area contributed by atoms with Crippen LogP contribution in [0.2, 0.25) is 0 Å². The topological polar surface area (TPSA) is 66.0 Å². The smallest absolute Gasteiger partial charge is 0.248 e. The summed E-state index contributed by atoms with van der Waals surface area (Å²) < 4.78 is 5.89. The van der Waals surface area contributed by atoms with E-state index in [1.807, 2.05) is 30.0 Å². The fraction of sp³-hybridized carbons (Fsp3) is 0.579. The lowest BCUT2D eigenvalue weighted by Crippen LogP contribution is -2.47. The van der Waals surface area contributed by atoms with Crippen LogP contribution in [-0.2, 0) is 16.0 Å². The number of carbonyl (C=O) groups is 1. The second kappa shape index (κ2) is 7.04. The molecular weight excluding hydrogens is 316 g/mol. The van der Waals surface area contributed by atoms with E-state index in [4.69, 9.17) is 4.74 Å². The molecule has 6 heteroatoms. The van der Waals surface area contributed by atoms with Gasteiger partial charge in [0, 0.05) is 18.8 Å². The van der Waals surface area contributed by atoms with Gasteiger partial charge in [-0.1, -0.05) is 18.2 Å². The Hall–Kier alpha value is -2.08. The minimum absolute atomic E-state index is 0.0475. The molecule has 2 N–H and O–H groups in total. The van der Waals surface area contributed by atoms with Crippen molar-refractivity contribution in [3.63, 3.8) is 0 Å². The number of nitrogens with one attached hydrogen (secondary N) is 2. The van der Waals surface area contributed by atoms with Crippen molar-refractivity contribution in [1.82, 2.24) is 10.6 Å². The van der Waals surface area contributed by atoms with Crippen LogP contribution < -0.4 is 15.5 Å². The third-order valence-electron chi connectivity index (χ3n) is 5.33. The van der Waals surface area contributed by atoms with Gasteiger partial charge in [0.25, 0.3) is 0 Å². The van der Waals surface area contributed by atoms with E-state index in [9.17, 15) is 4.79 Å². The molecule has 2 bridgehead atoms. The first-order valence-corrected chi connectivity index (χ1v) is 9.33. The molecule has 2 saturated heterocycles. The molecule has 3 atom stereocenters. The number of nitrogens with zero attached hydrogens (tertiary/aromatic N) is 2. The molecule has 1 aromatic rings. The van der Waals surface area contributed by atoms with E-state index in [-0.39, 0.29) is 18.6 Å². The largest absolute Gasteiger partial charge is 0.373 e. The van der Waals surface area contributed by atoms with Crippen molar-refractivity contribution in [3.8, 4) is 0 Å². The van der Waals surface area contributed by atoms with Crippen LogP contribution in [0.3, 0.4) is 0 Å². The SMILES string of the molecule is CCNC(=NCC(=O)N1CCc2ccccc21)NC1CC2CCC1O2. The van der Waals surface area contributed by atoms with Gasteiger partial charge in [-0.2, -0.15) is 0 Å². The quantitative estimate of drug-likeness (QED) is 0.642. The summed E-state index contributed by atoms with van der Waals surface area (Å²) in [6, 6.07) is 8.41. The number of ether oxygens (including phenoxy) is 1. The second-order valence-electron chi connectivity index (χ2n) is 6.98. The second-order valence-corrected chi connectivity index (χ2v) is 6.98. The van der Waals surface area contributed by atoms with Crippen molar-refractivity contribution in [2.45, 2.75) is 50.9 Å². The highest BCUT2D eigenvalue weighted by Gasteiger charge is 2.41. The number of benzene rings is 1. The zero-order valence-corrected chi connectivity index (χ0v) is 14.7. The normalized spacial score (nSPS) is 27.5. The number of fused-ring (bicyclic) bond motifs is 3. The Morgan fingerprint density at radius 1 is 1.36 bits per heavy atom. The van der Waals surface area contributed by atoms with Gasteiger partial charge in [-0.25, -0.2) is 4.99 Å². The summed E-state index contributed by atoms with van der Waals surface area (Å²) in [5.74, 6) is 0.760. The van der Waals surface area contributed by atoms with E-state index in [0.29, 0.717) is 18.1 Å². The van der Waals surface area contributed by atoms with Crippen LogP contribution in [0.4, 0.5) is 5.69 Å². The predicted octanol–water partition coefficient (Wildman–Crippen LogP) is 1.45. The molecule has 3 unspecified atom stereocenters. The monoisotopic (exact) mass is 342 g/mol. The van der Waals surface area contributed by atoms with Crippen molar-refractivity contribution >= 4 is 17.6 Å². The Bertz CT molecular complexity index is 675. The molecule has 0 aliphatic carbocycles. The molecule has 0 saturated carbocycles. The molecule has 0 radical (unpaired) electrons. The fourth-order valence-electron chi connectivity index (χ4n) is 4.11. The summed E-state index contributed by atoms with van der Waals surface area (Å²) in [5.41, 5.74) is 2.27. The first-order chi connectivity index (χ1) is 12.2. The number of anilines is 1. The lowest BCUT2D eigenvalue weighted by Gasteiger charge is -2.23. The molecule has 2 fully saturated rings. The molecule has 3 aliphatic rings. The highest BCUT2D eigenvalue weighted by Crippen LogP contribution is 2.34. The molecule has 3 heterocycles. The van der Waals surface area contributed by atoms with Crippen molar-refractivity contribution in [2.24, 2.45) is 4.99 Å². The first-order valence-electron chi connectivity index (χ1n) is 9.33. The summed E-state index contributed by atoms with van der Waals surface area (Å²) >= 11 is 0. The number of rotatable bonds is 4. The van der Waals surface area contributed by atoms with Gasteiger partial charge >= 0.3 is 0 Å². The maximum atomic E-state index is 12.6. The van der Waals surface area contributed by atoms with Crippen LogP contribution in [0.5, 0.6) is 0 Å². The molecular formula is C19H26N4O2. The molecule has 1 amide bonds. The van der Waals surface area contributed by atoms with E-state index in [1.54, 1.807) is 0 Å². The molecule has 0 aromatic heterocycles. The summed E-state index contributed by atoms with van der Waals surface area (Å²) in [6.07, 6.45) is 4.92. The van der Waals surface area contributed by atoms with E-state index >= 15 is 0 Å². The lowest BCUT2D eigenvalue weighted by atomic mass is 9.96. The number of amides is 1. The Morgan fingerprint density at radius 2 is 2.24 bits per heavy atom. The maximum absolute atomic E-state index is 12.6. The summed E-state index contributed by atoms with van der Waals surface area (Å²) in [7, 11) is 0. The van der Waals surface area contributed by atoms with Crippen LogP contribution in [-0.4, -0.2) is 49.8 Å². The lowest BCUT2D eigenvalue weighted by molar-refractivity contribution is -0.117. The van der Waals surface area contributed by atoms with Crippen molar-refractivity contribution in [2.75, 3.05) is 24.5 Å². The minimum Gasteiger partial charge on any atom is -0.373 e. The standard InChI is InChI=1S/C19H26N4O2/c1-2-20-19(22-15-11-14-7-8-17(15)25-14)21-12-18(24)23-10-9-13-5-3-4-6-16(13)23/h3-6,14-15,17H,2,7-12H2,1H3,(H2,20,21,22). The van der Waals surface area contributed by atoms with Gasteiger partial charge < -0.3 is 20.3 Å². The van der Waals surface area contributed by atoms with Gasteiger partial charge in [-0.15, -0.1) is 0 Å². The number of hydrogen-bond acceptors (Lipinski definition) is 3. The van der Waals surface area contributed by atoms with E-state index in [2.05, 4.69) is 21.7 Å². The Morgan fingerprint density at radius 3 is 3.00 bits per heavy atom. The van der Waals surface area contributed by atoms with Crippen molar-refractivity contribution < 1.29 is 9.53 Å². The summed E-state index contributed by atoms with van der Waals surface area (Å²) in [5, 5.41) is 6.70. The molecule has 4 rings (SSSR count). The van der Waals surface area contributed by atoms with Crippen LogP contribution in [0.1, 0.15) is 31.7 Å². The minimum atomic E-state index is 0.0475. The van der Waals surface area contributed by atoms with Gasteiger partial charge in [0.15, 0.2) is 5.96 Å². The van der Waals surface area contributed by atoms with Gasteiger partial charge in [-0.3, -0.25) is 4.79 Å². The number of guanidine groups is 1. The molecule has 3 aliphatic heterocycles. The first kappa shape index (κ1) is 16.4. The molecule has 1 aromatic carbocycles. The Labute approximate surface area is 148 Å². The Balaban J connectivity index is 1.39. The number of aliphatic imine (C=N–C) groups is 1. The average Bonchev–Trinajstić information content (AvgIpc) is 3.34. The third-order valence-corrected chi connectivity index (χ3v) is 5.33. The summed E-state index contributed by atoms with van der Waals surface area (Å²) in [4.78, 5) is 19.0. The maximum Gasteiger partial charge on any atom is 0.248 e. The highest BCUT2D eigenvalue weighted by atomic mass is 16.5. The number of hydrogen-bond donors (Lipinski definition) is 2.